The molecule has 6 heteroatoms. The van der Waals surface area contributed by atoms with E-state index in [1.807, 2.05) is 0 Å². The third kappa shape index (κ3) is 5.76. The maximum Gasteiger partial charge on any atom is 0.148 e. The van der Waals surface area contributed by atoms with E-state index in [-0.39, 0.29) is 18.8 Å². The highest BCUT2D eigenvalue weighted by Gasteiger charge is 2.08. The second-order valence-corrected chi connectivity index (χ2v) is 6.16. The van der Waals surface area contributed by atoms with Gasteiger partial charge in [0.2, 0.25) is 0 Å². The number of rotatable bonds is 6. The summed E-state index contributed by atoms with van der Waals surface area (Å²) >= 11 is 0. The van der Waals surface area contributed by atoms with E-state index in [1.54, 1.807) is 6.07 Å². The summed E-state index contributed by atoms with van der Waals surface area (Å²) in [6, 6.07) is 5.69. The van der Waals surface area contributed by atoms with Gasteiger partial charge in [0.25, 0.3) is 0 Å². The molecule has 1 atom stereocenters. The van der Waals surface area contributed by atoms with Gasteiger partial charge in [-0.2, -0.15) is 0 Å². The molecule has 0 heterocycles. The largest absolute Gasteiger partial charge is 0.387 e. The number of benzene rings is 1. The Morgan fingerprint density at radius 2 is 2.18 bits per heavy atom. The lowest BCUT2D eigenvalue weighted by Gasteiger charge is -2.11. The zero-order valence-electron chi connectivity index (χ0n) is 9.56. The highest BCUT2D eigenvalue weighted by atomic mass is 32.2. The Kier molecular flexibility index (Phi) is 5.04. The molecule has 0 aliphatic rings. The molecule has 1 rings (SSSR count). The van der Waals surface area contributed by atoms with Crippen LogP contribution in [-0.2, 0) is 9.84 Å². The molecule has 4 nitrogen and oxygen atoms in total. The average molecular weight is 261 g/mol. The predicted octanol–water partition coefficient (Wildman–Crippen LogP) is 0.493. The SMILES string of the molecule is CS(=O)(=O)CCNCC(O)c1cccc(F)c1. The van der Waals surface area contributed by atoms with Crippen LogP contribution in [0.5, 0.6) is 0 Å². The number of aliphatic hydroxyl groups excluding tert-OH is 1. The molecule has 0 saturated carbocycles. The summed E-state index contributed by atoms with van der Waals surface area (Å²) in [6.07, 6.45) is 0.308. The average Bonchev–Trinajstić information content (AvgIpc) is 2.23. The molecule has 0 amide bonds. The first-order valence-corrected chi connectivity index (χ1v) is 7.26. The fraction of sp³-hybridized carbons (Fsp3) is 0.455. The number of sulfone groups is 1. The van der Waals surface area contributed by atoms with Crippen molar-refractivity contribution in [1.29, 1.82) is 0 Å². The van der Waals surface area contributed by atoms with E-state index in [0.29, 0.717) is 5.56 Å². The van der Waals surface area contributed by atoms with Gasteiger partial charge in [0.1, 0.15) is 15.7 Å². The Morgan fingerprint density at radius 3 is 2.76 bits per heavy atom. The zero-order chi connectivity index (χ0) is 12.9. The summed E-state index contributed by atoms with van der Waals surface area (Å²) in [6.45, 7) is 0.462. The van der Waals surface area contributed by atoms with Crippen molar-refractivity contribution < 1.29 is 17.9 Å². The number of nitrogens with one attached hydrogen (secondary N) is 1. The Morgan fingerprint density at radius 1 is 1.47 bits per heavy atom. The van der Waals surface area contributed by atoms with E-state index in [0.717, 1.165) is 6.26 Å². The maximum absolute atomic E-state index is 12.9. The summed E-state index contributed by atoms with van der Waals surface area (Å²) in [4.78, 5) is 0. The fourth-order valence-corrected chi connectivity index (χ4v) is 1.84. The van der Waals surface area contributed by atoms with E-state index in [9.17, 15) is 17.9 Å². The molecule has 1 unspecified atom stereocenters. The third-order valence-electron chi connectivity index (χ3n) is 2.22. The Hall–Kier alpha value is -0.980. The van der Waals surface area contributed by atoms with Crippen LogP contribution in [0.1, 0.15) is 11.7 Å². The molecule has 17 heavy (non-hydrogen) atoms. The first-order valence-electron chi connectivity index (χ1n) is 5.20. The zero-order valence-corrected chi connectivity index (χ0v) is 10.4. The maximum atomic E-state index is 12.9. The predicted molar refractivity (Wildman–Crippen MR) is 63.9 cm³/mol. The Labute approximate surface area is 100 Å². The molecular weight excluding hydrogens is 245 g/mol. The van der Waals surface area contributed by atoms with Crippen molar-refractivity contribution in [3.05, 3.63) is 35.6 Å². The Bertz CT molecular complexity index is 462. The molecule has 0 saturated heterocycles. The summed E-state index contributed by atoms with van der Waals surface area (Å²) in [5.41, 5.74) is 0.469. The third-order valence-corrected chi connectivity index (χ3v) is 3.17. The quantitative estimate of drug-likeness (QED) is 0.732. The van der Waals surface area contributed by atoms with E-state index in [4.69, 9.17) is 0 Å². The van der Waals surface area contributed by atoms with Gasteiger partial charge in [-0.15, -0.1) is 0 Å². The minimum atomic E-state index is -3.00. The highest BCUT2D eigenvalue weighted by Crippen LogP contribution is 2.12. The summed E-state index contributed by atoms with van der Waals surface area (Å²) in [5.74, 6) is -0.388. The second-order valence-electron chi connectivity index (χ2n) is 3.90. The standard InChI is InChI=1S/C11H16FNO3S/c1-17(15,16)6-5-13-8-11(14)9-3-2-4-10(12)7-9/h2-4,7,11,13-14H,5-6,8H2,1H3. The van der Waals surface area contributed by atoms with Gasteiger partial charge in [0.15, 0.2) is 0 Å². The van der Waals surface area contributed by atoms with Crippen LogP contribution in [0, 0.1) is 5.82 Å². The van der Waals surface area contributed by atoms with Crippen LogP contribution < -0.4 is 5.32 Å². The molecule has 0 fully saturated rings. The van der Waals surface area contributed by atoms with Crippen LogP contribution in [0.15, 0.2) is 24.3 Å². The smallest absolute Gasteiger partial charge is 0.148 e. The van der Waals surface area contributed by atoms with Gasteiger partial charge < -0.3 is 10.4 Å². The molecule has 1 aromatic carbocycles. The van der Waals surface area contributed by atoms with Crippen molar-refractivity contribution >= 4 is 9.84 Å². The molecule has 0 bridgehead atoms. The van der Waals surface area contributed by atoms with E-state index in [1.165, 1.54) is 18.2 Å². The van der Waals surface area contributed by atoms with E-state index in [2.05, 4.69) is 5.32 Å². The van der Waals surface area contributed by atoms with Crippen molar-refractivity contribution in [2.45, 2.75) is 6.10 Å². The van der Waals surface area contributed by atoms with Crippen molar-refractivity contribution in [2.75, 3.05) is 25.1 Å². The second kappa shape index (κ2) is 6.09. The molecule has 1 aromatic rings. The van der Waals surface area contributed by atoms with Crippen molar-refractivity contribution in [1.82, 2.24) is 5.32 Å². The summed E-state index contributed by atoms with van der Waals surface area (Å²) in [5, 5.41) is 12.5. The molecule has 2 N–H and O–H groups in total. The van der Waals surface area contributed by atoms with E-state index < -0.39 is 21.8 Å². The molecule has 0 spiro atoms. The molecule has 0 aliphatic carbocycles. The molecule has 0 aliphatic heterocycles. The van der Waals surface area contributed by atoms with Crippen molar-refractivity contribution in [3.8, 4) is 0 Å². The number of hydrogen-bond acceptors (Lipinski definition) is 4. The lowest BCUT2D eigenvalue weighted by molar-refractivity contribution is 0.175. The van der Waals surface area contributed by atoms with Gasteiger partial charge >= 0.3 is 0 Å². The number of halogens is 1. The molecular formula is C11H16FNO3S. The lowest BCUT2D eigenvalue weighted by atomic mass is 10.1. The lowest BCUT2D eigenvalue weighted by Crippen LogP contribution is -2.26. The monoisotopic (exact) mass is 261 g/mol. The van der Waals surface area contributed by atoms with Crippen LogP contribution in [0.4, 0.5) is 4.39 Å². The van der Waals surface area contributed by atoms with Gasteiger partial charge in [-0.3, -0.25) is 0 Å². The van der Waals surface area contributed by atoms with Gasteiger partial charge in [0.05, 0.1) is 11.9 Å². The van der Waals surface area contributed by atoms with Gasteiger partial charge in [-0.05, 0) is 17.7 Å². The molecule has 96 valence electrons. The minimum absolute atomic E-state index is 0.0167. The summed E-state index contributed by atoms with van der Waals surface area (Å²) in [7, 11) is -3.00. The fourth-order valence-electron chi connectivity index (χ4n) is 1.33. The molecule has 0 radical (unpaired) electrons. The van der Waals surface area contributed by atoms with Crippen molar-refractivity contribution in [3.63, 3.8) is 0 Å². The highest BCUT2D eigenvalue weighted by molar-refractivity contribution is 7.90. The number of hydrogen-bond donors (Lipinski definition) is 2. The summed E-state index contributed by atoms with van der Waals surface area (Å²) < 4.78 is 34.5. The first kappa shape index (κ1) is 14.1. The van der Waals surface area contributed by atoms with Crippen LogP contribution in [0.3, 0.4) is 0 Å². The Balaban J connectivity index is 2.38. The topological polar surface area (TPSA) is 66.4 Å². The number of aliphatic hydroxyl groups is 1. The van der Waals surface area contributed by atoms with Crippen LogP contribution in [0.25, 0.3) is 0 Å². The van der Waals surface area contributed by atoms with Crippen LogP contribution >= 0.6 is 0 Å². The van der Waals surface area contributed by atoms with Gasteiger partial charge in [-0.1, -0.05) is 12.1 Å². The van der Waals surface area contributed by atoms with Crippen molar-refractivity contribution in [2.24, 2.45) is 0 Å². The van der Waals surface area contributed by atoms with Crippen LogP contribution in [-0.4, -0.2) is 38.6 Å². The molecule has 0 aromatic heterocycles. The van der Waals surface area contributed by atoms with Crippen LogP contribution in [0.2, 0.25) is 0 Å². The van der Waals surface area contributed by atoms with Gasteiger partial charge in [-0.25, -0.2) is 12.8 Å². The van der Waals surface area contributed by atoms with E-state index >= 15 is 0 Å². The normalized spacial score (nSPS) is 13.6. The van der Waals surface area contributed by atoms with Gasteiger partial charge in [0, 0.05) is 19.3 Å². The first-order chi connectivity index (χ1) is 7.88. The minimum Gasteiger partial charge on any atom is -0.387 e.